The first kappa shape index (κ1) is 19.0. The lowest BCUT2D eigenvalue weighted by Gasteiger charge is -2.10. The van der Waals surface area contributed by atoms with Crippen LogP contribution in [0.3, 0.4) is 0 Å². The van der Waals surface area contributed by atoms with Crippen LogP contribution in [0.4, 0.5) is 5.69 Å². The van der Waals surface area contributed by atoms with Gasteiger partial charge in [0.15, 0.2) is 11.5 Å². The maximum Gasteiger partial charge on any atom is 0.341 e. The van der Waals surface area contributed by atoms with Crippen LogP contribution in [0, 0.1) is 0 Å². The van der Waals surface area contributed by atoms with E-state index in [2.05, 4.69) is 10.1 Å². The van der Waals surface area contributed by atoms with E-state index < -0.39 is 11.9 Å². The number of ketones is 1. The smallest absolute Gasteiger partial charge is 0.341 e. The molecule has 2 aromatic rings. The second-order valence-corrected chi connectivity index (χ2v) is 5.36. The lowest BCUT2D eigenvalue weighted by Crippen LogP contribution is -2.14. The van der Waals surface area contributed by atoms with Crippen molar-refractivity contribution in [2.24, 2.45) is 0 Å². The molecule has 0 aromatic heterocycles. The van der Waals surface area contributed by atoms with Crippen LogP contribution in [0.1, 0.15) is 33.6 Å². The number of phenols is 1. The first-order valence-corrected chi connectivity index (χ1v) is 7.84. The Morgan fingerprint density at radius 3 is 2.35 bits per heavy atom. The molecule has 2 aromatic carbocycles. The Morgan fingerprint density at radius 1 is 0.962 bits per heavy atom. The fraction of sp³-hybridized carbons (Fsp3) is 0.211. The maximum atomic E-state index is 12.3. The zero-order valence-corrected chi connectivity index (χ0v) is 14.4. The van der Waals surface area contributed by atoms with Crippen molar-refractivity contribution in [2.75, 3.05) is 19.5 Å². The number of methoxy groups -OCH3 is 2. The molecule has 136 valence electrons. The predicted octanol–water partition coefficient (Wildman–Crippen LogP) is 2.79. The Balaban J connectivity index is 2.01. The van der Waals surface area contributed by atoms with Crippen LogP contribution in [-0.4, -0.2) is 37.0 Å². The van der Waals surface area contributed by atoms with E-state index in [-0.39, 0.29) is 35.6 Å². The average Bonchev–Trinajstić information content (AvgIpc) is 2.67. The molecule has 0 aliphatic rings. The third-order valence-corrected chi connectivity index (χ3v) is 3.70. The standard InChI is InChI=1S/C19H19NO6/c1-25-16-9-4-3-6-12(16)15(21)10-11-17(22)20-14-8-5-7-13(18(14)23)19(24)26-2/h3-9,23H,10-11H2,1-2H3,(H,20,22). The minimum absolute atomic E-state index is 0.0241. The number of phenolic OH excluding ortho intramolecular Hbond substituents is 1. The van der Waals surface area contributed by atoms with E-state index in [1.165, 1.54) is 32.4 Å². The minimum Gasteiger partial charge on any atom is -0.505 e. The number of hydrogen-bond acceptors (Lipinski definition) is 6. The summed E-state index contributed by atoms with van der Waals surface area (Å²) in [5, 5.41) is 12.5. The number of nitrogens with one attached hydrogen (secondary N) is 1. The number of para-hydroxylation sites is 2. The van der Waals surface area contributed by atoms with Crippen LogP contribution >= 0.6 is 0 Å². The van der Waals surface area contributed by atoms with E-state index in [9.17, 15) is 19.5 Å². The van der Waals surface area contributed by atoms with Gasteiger partial charge in [-0.25, -0.2) is 4.79 Å². The van der Waals surface area contributed by atoms with Crippen LogP contribution in [0.5, 0.6) is 11.5 Å². The molecule has 2 rings (SSSR count). The Labute approximate surface area is 150 Å². The summed E-state index contributed by atoms with van der Waals surface area (Å²) in [5.41, 5.74) is 0.413. The van der Waals surface area contributed by atoms with Gasteiger partial charge in [-0.15, -0.1) is 0 Å². The number of Topliss-reactive ketones (excluding diaryl/α,β-unsaturated/α-hetero) is 1. The van der Waals surface area contributed by atoms with Gasteiger partial charge < -0.3 is 19.9 Å². The van der Waals surface area contributed by atoms with Gasteiger partial charge in [0.2, 0.25) is 5.91 Å². The summed E-state index contributed by atoms with van der Waals surface area (Å²) < 4.78 is 9.69. The van der Waals surface area contributed by atoms with Gasteiger partial charge in [0.05, 0.1) is 25.5 Å². The number of benzene rings is 2. The predicted molar refractivity (Wildman–Crippen MR) is 94.6 cm³/mol. The summed E-state index contributed by atoms with van der Waals surface area (Å²) in [6.45, 7) is 0. The highest BCUT2D eigenvalue weighted by atomic mass is 16.5. The van der Waals surface area contributed by atoms with Gasteiger partial charge in [-0.3, -0.25) is 9.59 Å². The van der Waals surface area contributed by atoms with Gasteiger partial charge in [-0.1, -0.05) is 18.2 Å². The van der Waals surface area contributed by atoms with Gasteiger partial charge in [-0.2, -0.15) is 0 Å². The molecule has 1 amide bonds. The lowest BCUT2D eigenvalue weighted by molar-refractivity contribution is -0.116. The molecule has 0 aliphatic carbocycles. The quantitative estimate of drug-likeness (QED) is 0.449. The number of aromatic hydroxyl groups is 1. The minimum atomic E-state index is -0.718. The number of rotatable bonds is 7. The van der Waals surface area contributed by atoms with Crippen molar-refractivity contribution in [3.8, 4) is 11.5 Å². The zero-order chi connectivity index (χ0) is 19.1. The van der Waals surface area contributed by atoms with Crippen LogP contribution in [0.15, 0.2) is 42.5 Å². The molecular formula is C19H19NO6. The molecular weight excluding hydrogens is 338 g/mol. The Morgan fingerprint density at radius 2 is 1.65 bits per heavy atom. The normalized spacial score (nSPS) is 10.1. The summed E-state index contributed by atoms with van der Waals surface area (Å²) in [4.78, 5) is 35.9. The SMILES string of the molecule is COC(=O)c1cccc(NC(=O)CCC(=O)c2ccccc2OC)c1O. The van der Waals surface area contributed by atoms with Gasteiger partial charge in [0.1, 0.15) is 11.3 Å². The van der Waals surface area contributed by atoms with Crippen LogP contribution in [-0.2, 0) is 9.53 Å². The zero-order valence-electron chi connectivity index (χ0n) is 14.4. The van der Waals surface area contributed by atoms with E-state index >= 15 is 0 Å². The summed E-state index contributed by atoms with van der Waals surface area (Å²) in [6.07, 6.45) is -0.109. The molecule has 2 N–H and O–H groups in total. The number of ether oxygens (including phenoxy) is 2. The first-order valence-electron chi connectivity index (χ1n) is 7.84. The number of esters is 1. The molecule has 0 saturated heterocycles. The van der Waals surface area contributed by atoms with Gasteiger partial charge >= 0.3 is 5.97 Å². The van der Waals surface area contributed by atoms with E-state index in [4.69, 9.17) is 4.74 Å². The molecule has 0 fully saturated rings. The van der Waals surface area contributed by atoms with Crippen molar-refractivity contribution in [3.05, 3.63) is 53.6 Å². The second-order valence-electron chi connectivity index (χ2n) is 5.36. The highest BCUT2D eigenvalue weighted by Crippen LogP contribution is 2.28. The Kier molecular flexibility index (Phi) is 6.32. The molecule has 0 aliphatic heterocycles. The van der Waals surface area contributed by atoms with Gasteiger partial charge in [0, 0.05) is 12.8 Å². The fourth-order valence-corrected chi connectivity index (χ4v) is 2.37. The molecule has 0 bridgehead atoms. The highest BCUT2D eigenvalue weighted by Gasteiger charge is 2.17. The van der Waals surface area contributed by atoms with Crippen molar-refractivity contribution in [1.82, 2.24) is 0 Å². The molecule has 0 radical (unpaired) electrons. The van der Waals surface area contributed by atoms with E-state index in [1.54, 1.807) is 24.3 Å². The summed E-state index contributed by atoms with van der Waals surface area (Å²) >= 11 is 0. The van der Waals surface area contributed by atoms with Crippen molar-refractivity contribution in [3.63, 3.8) is 0 Å². The number of amides is 1. The van der Waals surface area contributed by atoms with Crippen molar-refractivity contribution in [1.29, 1.82) is 0 Å². The van der Waals surface area contributed by atoms with Crippen LogP contribution < -0.4 is 10.1 Å². The average molecular weight is 357 g/mol. The Hall–Kier alpha value is -3.35. The highest BCUT2D eigenvalue weighted by molar-refractivity contribution is 6.03. The number of carbonyl (C=O) groups is 3. The van der Waals surface area contributed by atoms with E-state index in [0.717, 1.165) is 0 Å². The summed E-state index contributed by atoms with van der Waals surface area (Å²) in [7, 11) is 2.66. The topological polar surface area (TPSA) is 102 Å². The van der Waals surface area contributed by atoms with Crippen LogP contribution in [0.25, 0.3) is 0 Å². The second kappa shape index (κ2) is 8.66. The van der Waals surface area contributed by atoms with E-state index in [0.29, 0.717) is 11.3 Å². The van der Waals surface area contributed by atoms with Gasteiger partial charge in [-0.05, 0) is 24.3 Å². The Bertz CT molecular complexity index is 831. The van der Waals surface area contributed by atoms with Crippen molar-refractivity contribution >= 4 is 23.3 Å². The largest absolute Gasteiger partial charge is 0.505 e. The molecule has 7 heteroatoms. The van der Waals surface area contributed by atoms with Gasteiger partial charge in [0.25, 0.3) is 0 Å². The van der Waals surface area contributed by atoms with Crippen LogP contribution in [0.2, 0.25) is 0 Å². The number of hydrogen-bond donors (Lipinski definition) is 2. The summed E-state index contributed by atoms with van der Waals surface area (Å²) in [6, 6.07) is 11.1. The molecule has 0 atom stereocenters. The lowest BCUT2D eigenvalue weighted by atomic mass is 10.1. The molecule has 26 heavy (non-hydrogen) atoms. The monoisotopic (exact) mass is 357 g/mol. The van der Waals surface area contributed by atoms with Crippen molar-refractivity contribution < 1.29 is 29.0 Å². The molecule has 7 nitrogen and oxygen atoms in total. The van der Waals surface area contributed by atoms with E-state index in [1.807, 2.05) is 0 Å². The molecule has 0 spiro atoms. The fourth-order valence-electron chi connectivity index (χ4n) is 2.37. The van der Waals surface area contributed by atoms with Crippen molar-refractivity contribution in [2.45, 2.75) is 12.8 Å². The third kappa shape index (κ3) is 4.38. The number of anilines is 1. The molecule has 0 saturated carbocycles. The maximum absolute atomic E-state index is 12.3. The molecule has 0 unspecified atom stereocenters. The molecule has 0 heterocycles. The number of carbonyl (C=O) groups excluding carboxylic acids is 3. The third-order valence-electron chi connectivity index (χ3n) is 3.70. The summed E-state index contributed by atoms with van der Waals surface area (Å²) in [5.74, 6) is -1.36. The first-order chi connectivity index (χ1) is 12.5.